The van der Waals surface area contributed by atoms with Crippen molar-refractivity contribution in [2.75, 3.05) is 46.9 Å². The number of rotatable bonds is 10. The number of aromatic amines is 1. The molecule has 2 aromatic rings. The second kappa shape index (κ2) is 11.2. The summed E-state index contributed by atoms with van der Waals surface area (Å²) >= 11 is 0. The summed E-state index contributed by atoms with van der Waals surface area (Å²) in [4.78, 5) is 25.6. The van der Waals surface area contributed by atoms with Crippen molar-refractivity contribution in [1.29, 1.82) is 0 Å². The average Bonchev–Trinajstić information content (AvgIpc) is 3.30. The molecule has 2 amide bonds. The van der Waals surface area contributed by atoms with Gasteiger partial charge in [0.2, 0.25) is 0 Å². The molecule has 2 saturated heterocycles. The lowest BCUT2D eigenvalue weighted by Crippen LogP contribution is -2.59. The fraction of sp³-hybridized carbons (Fsp3) is 0.481. The van der Waals surface area contributed by atoms with Crippen LogP contribution in [-0.4, -0.2) is 89.8 Å². The first-order valence-corrected chi connectivity index (χ1v) is 12.4. The Balaban J connectivity index is 1.42. The van der Waals surface area contributed by atoms with Gasteiger partial charge in [-0.05, 0) is 50.4 Å². The number of amides is 2. The number of fused-ring (bicyclic) bond motifs is 3. The number of hydrazine groups is 1. The number of aryl methyl sites for hydroxylation is 1. The zero-order valence-corrected chi connectivity index (χ0v) is 21.2. The van der Waals surface area contributed by atoms with E-state index in [1.807, 2.05) is 29.4 Å². The molecule has 2 aliphatic rings. The summed E-state index contributed by atoms with van der Waals surface area (Å²) in [6.07, 6.45) is 10.6. The minimum atomic E-state index is 0.0319. The van der Waals surface area contributed by atoms with E-state index >= 15 is 0 Å². The average molecular weight is 479 g/mol. The number of urea groups is 1. The Labute approximate surface area is 208 Å². The lowest BCUT2D eigenvalue weighted by molar-refractivity contribution is 0.0708. The molecule has 8 heteroatoms. The molecule has 2 fully saturated rings. The maximum atomic E-state index is 13.4. The summed E-state index contributed by atoms with van der Waals surface area (Å²) in [5, 5.41) is 2.83. The summed E-state index contributed by atoms with van der Waals surface area (Å²) < 4.78 is 5.18. The molecule has 2 aliphatic heterocycles. The third-order valence-electron chi connectivity index (χ3n) is 7.26. The number of nitrogens with zero attached hydrogens (tertiary/aromatic N) is 4. The maximum absolute atomic E-state index is 13.4. The molecule has 0 aromatic carbocycles. The van der Waals surface area contributed by atoms with E-state index in [1.165, 1.54) is 0 Å². The zero-order valence-electron chi connectivity index (χ0n) is 21.2. The van der Waals surface area contributed by atoms with Crippen molar-refractivity contribution in [3.63, 3.8) is 0 Å². The molecule has 0 spiro atoms. The molecule has 2 N–H and O–H groups in total. The number of piperazine rings is 1. The number of hydrogen-bond acceptors (Lipinski definition) is 5. The number of aromatic nitrogens is 2. The van der Waals surface area contributed by atoms with Gasteiger partial charge in [0, 0.05) is 68.7 Å². The van der Waals surface area contributed by atoms with Gasteiger partial charge >= 0.3 is 6.03 Å². The number of likely N-dealkylation sites (N-methyl/N-ethyl adjacent to an activating group) is 1. The largest absolute Gasteiger partial charge is 0.383 e. The Morgan fingerprint density at radius 3 is 2.80 bits per heavy atom. The molecule has 2 aromatic heterocycles. The minimum Gasteiger partial charge on any atom is -0.383 e. The number of nitrogens with one attached hydrogen (secondary N) is 2. The Morgan fingerprint density at radius 2 is 2.11 bits per heavy atom. The van der Waals surface area contributed by atoms with E-state index in [1.54, 1.807) is 12.1 Å². The second-order valence-corrected chi connectivity index (χ2v) is 9.59. The van der Waals surface area contributed by atoms with Gasteiger partial charge in [0.25, 0.3) is 0 Å². The standard InChI is InChI=1S/C27H38N6O2/c1-6-21(22-14-25-20(3)15-28-26(25)29-16-22)13-19(2)9-11-33(30-10-12-35-5)27(34)32-17-23-7-8-24(18-32)31(23)4/h6,13-16,23-24,30H,1-2,7-12,17-18H2,3-5H3,(H,28,29)/b21-13+. The Bertz CT molecular complexity index is 1090. The summed E-state index contributed by atoms with van der Waals surface area (Å²) in [5.41, 5.74) is 8.19. The number of hydrogen-bond donors (Lipinski definition) is 2. The summed E-state index contributed by atoms with van der Waals surface area (Å²) in [6.45, 7) is 13.5. The molecular formula is C27H38N6O2. The van der Waals surface area contributed by atoms with E-state index in [0.717, 1.165) is 59.2 Å². The minimum absolute atomic E-state index is 0.0319. The van der Waals surface area contributed by atoms with Crippen LogP contribution < -0.4 is 5.43 Å². The van der Waals surface area contributed by atoms with Crippen LogP contribution in [0.4, 0.5) is 4.79 Å². The van der Waals surface area contributed by atoms with Gasteiger partial charge in [0.05, 0.1) is 6.61 Å². The highest BCUT2D eigenvalue weighted by atomic mass is 16.5. The molecule has 4 rings (SSSR count). The van der Waals surface area contributed by atoms with E-state index in [9.17, 15) is 4.79 Å². The van der Waals surface area contributed by atoms with Crippen LogP contribution in [0.25, 0.3) is 16.6 Å². The van der Waals surface area contributed by atoms with Crippen LogP contribution in [0.1, 0.15) is 30.4 Å². The highest BCUT2D eigenvalue weighted by Crippen LogP contribution is 2.29. The summed E-state index contributed by atoms with van der Waals surface area (Å²) in [5.74, 6) is 0. The van der Waals surface area contributed by atoms with Gasteiger partial charge in [-0.15, -0.1) is 0 Å². The van der Waals surface area contributed by atoms with E-state index in [2.05, 4.69) is 53.5 Å². The quantitative estimate of drug-likeness (QED) is 0.309. The van der Waals surface area contributed by atoms with Crippen molar-refractivity contribution < 1.29 is 9.53 Å². The van der Waals surface area contributed by atoms with Gasteiger partial charge in [-0.1, -0.05) is 30.9 Å². The van der Waals surface area contributed by atoms with Gasteiger partial charge in [-0.25, -0.2) is 15.2 Å². The molecule has 0 saturated carbocycles. The van der Waals surface area contributed by atoms with Crippen LogP contribution in [0, 0.1) is 6.92 Å². The normalized spacial score (nSPS) is 20.4. The van der Waals surface area contributed by atoms with Crippen LogP contribution >= 0.6 is 0 Å². The molecule has 0 aliphatic carbocycles. The molecular weight excluding hydrogens is 440 g/mol. The van der Waals surface area contributed by atoms with Crippen LogP contribution in [0.2, 0.25) is 0 Å². The molecule has 8 nitrogen and oxygen atoms in total. The van der Waals surface area contributed by atoms with Gasteiger partial charge in [-0.2, -0.15) is 0 Å². The first kappa shape index (κ1) is 25.2. The highest BCUT2D eigenvalue weighted by Gasteiger charge is 2.40. The predicted octanol–water partition coefficient (Wildman–Crippen LogP) is 3.74. The third-order valence-corrected chi connectivity index (χ3v) is 7.26. The maximum Gasteiger partial charge on any atom is 0.334 e. The lowest BCUT2D eigenvalue weighted by Gasteiger charge is -2.41. The van der Waals surface area contributed by atoms with Crippen molar-refractivity contribution in [2.24, 2.45) is 0 Å². The van der Waals surface area contributed by atoms with Gasteiger partial charge < -0.3 is 14.6 Å². The number of pyridine rings is 1. The number of allylic oxidation sites excluding steroid dienone is 3. The number of carbonyl (C=O) groups excluding carboxylic acids is 1. The van der Waals surface area contributed by atoms with E-state index < -0.39 is 0 Å². The van der Waals surface area contributed by atoms with Crippen molar-refractivity contribution in [2.45, 2.75) is 38.3 Å². The summed E-state index contributed by atoms with van der Waals surface area (Å²) in [6, 6.07) is 3.07. The molecule has 4 heterocycles. The lowest BCUT2D eigenvalue weighted by atomic mass is 10.0. The first-order valence-electron chi connectivity index (χ1n) is 12.4. The zero-order chi connectivity index (χ0) is 24.9. The first-order chi connectivity index (χ1) is 16.9. The van der Waals surface area contributed by atoms with Gasteiger partial charge in [-0.3, -0.25) is 9.91 Å². The van der Waals surface area contributed by atoms with Crippen molar-refractivity contribution in [3.05, 3.63) is 60.5 Å². The van der Waals surface area contributed by atoms with Crippen LogP contribution in [-0.2, 0) is 4.74 Å². The van der Waals surface area contributed by atoms with Crippen molar-refractivity contribution in [1.82, 2.24) is 30.2 Å². The molecule has 2 bridgehead atoms. The van der Waals surface area contributed by atoms with Crippen LogP contribution in [0.3, 0.4) is 0 Å². The monoisotopic (exact) mass is 478 g/mol. The predicted molar refractivity (Wildman–Crippen MR) is 141 cm³/mol. The Morgan fingerprint density at radius 1 is 1.37 bits per heavy atom. The van der Waals surface area contributed by atoms with E-state index in [4.69, 9.17) is 4.74 Å². The van der Waals surface area contributed by atoms with Gasteiger partial charge in [0.1, 0.15) is 5.65 Å². The number of likely N-dealkylation sites (tertiary alicyclic amines) is 1. The fourth-order valence-electron chi connectivity index (χ4n) is 5.07. The molecule has 2 unspecified atom stereocenters. The SMILES string of the molecule is C=C/C(=C\C(=C)CCN(NCCOC)C(=O)N1CC2CCC(C1)N2C)c1cnc2[nH]cc(C)c2c1. The van der Waals surface area contributed by atoms with Crippen LogP contribution in [0.5, 0.6) is 0 Å². The Kier molecular flexibility index (Phi) is 8.05. The number of carbonyl (C=O) groups is 1. The molecule has 35 heavy (non-hydrogen) atoms. The van der Waals surface area contributed by atoms with Crippen LogP contribution in [0.15, 0.2) is 49.3 Å². The number of methoxy groups -OCH3 is 1. The second-order valence-electron chi connectivity index (χ2n) is 9.59. The number of H-pyrrole nitrogens is 1. The number of ether oxygens (including phenoxy) is 1. The van der Waals surface area contributed by atoms with Gasteiger partial charge in [0.15, 0.2) is 0 Å². The van der Waals surface area contributed by atoms with Crippen molar-refractivity contribution >= 4 is 22.6 Å². The molecule has 188 valence electrons. The fourth-order valence-corrected chi connectivity index (χ4v) is 5.07. The summed E-state index contributed by atoms with van der Waals surface area (Å²) in [7, 11) is 3.84. The smallest absolute Gasteiger partial charge is 0.334 e. The highest BCUT2D eigenvalue weighted by molar-refractivity contribution is 5.85. The molecule has 2 atom stereocenters. The molecule has 0 radical (unpaired) electrons. The van der Waals surface area contributed by atoms with E-state index in [0.29, 0.717) is 38.2 Å². The van der Waals surface area contributed by atoms with E-state index in [-0.39, 0.29) is 6.03 Å². The Hall–Kier alpha value is -2.94. The topological polar surface area (TPSA) is 76.7 Å². The third kappa shape index (κ3) is 5.66. The van der Waals surface area contributed by atoms with Crippen molar-refractivity contribution in [3.8, 4) is 0 Å².